The van der Waals surface area contributed by atoms with Crippen LogP contribution in [-0.4, -0.2) is 22.8 Å². The van der Waals surface area contributed by atoms with Gasteiger partial charge in [-0.3, -0.25) is 0 Å². The van der Waals surface area contributed by atoms with Crippen molar-refractivity contribution >= 4 is 5.97 Å². The number of carboxylic acids is 1. The van der Waals surface area contributed by atoms with Gasteiger partial charge in [-0.25, -0.2) is 4.79 Å². The molecule has 0 fully saturated rings. The highest BCUT2D eigenvalue weighted by molar-refractivity contribution is 5.74. The van der Waals surface area contributed by atoms with Crippen LogP contribution < -0.4 is 4.74 Å². The van der Waals surface area contributed by atoms with Crippen LogP contribution in [0.4, 0.5) is 0 Å². The van der Waals surface area contributed by atoms with Gasteiger partial charge < -0.3 is 14.9 Å². The summed E-state index contributed by atoms with van der Waals surface area (Å²) in [5.41, 5.74) is 1.42. The molecular weight excluding hydrogens is 184 g/mol. The maximum absolute atomic E-state index is 10.5. The fraction of sp³-hybridized carbons (Fsp3) is 0.300. The fourth-order valence-corrected chi connectivity index (χ4v) is 1.50. The molecule has 1 heterocycles. The number of rotatable bonds is 2. The topological polar surface area (TPSA) is 66.8 Å². The third-order valence-corrected chi connectivity index (χ3v) is 2.27. The smallest absolute Gasteiger partial charge is 0.337 e. The quantitative estimate of drug-likeness (QED) is 0.728. The van der Waals surface area contributed by atoms with E-state index in [2.05, 4.69) is 0 Å². The average Bonchev–Trinajstić information content (AvgIpc) is 2.62. The summed E-state index contributed by atoms with van der Waals surface area (Å²) in [6, 6.07) is 5.00. The van der Waals surface area contributed by atoms with Crippen molar-refractivity contribution in [2.24, 2.45) is 0 Å². The first-order chi connectivity index (χ1) is 6.68. The predicted molar refractivity (Wildman–Crippen MR) is 48.2 cm³/mol. The molecule has 14 heavy (non-hydrogen) atoms. The van der Waals surface area contributed by atoms with E-state index in [1.807, 2.05) is 0 Å². The van der Waals surface area contributed by atoms with Gasteiger partial charge in [0, 0.05) is 6.42 Å². The van der Waals surface area contributed by atoms with Crippen LogP contribution in [0, 0.1) is 0 Å². The highest BCUT2D eigenvalue weighted by atomic mass is 16.5. The van der Waals surface area contributed by atoms with E-state index >= 15 is 0 Å². The summed E-state index contributed by atoms with van der Waals surface area (Å²) < 4.78 is 5.26. The molecular formula is C10H10O4. The highest BCUT2D eigenvalue weighted by Crippen LogP contribution is 2.28. The minimum Gasteiger partial charge on any atom is -0.493 e. The number of hydrogen-bond donors (Lipinski definition) is 2. The predicted octanol–water partition coefficient (Wildman–Crippen LogP) is 0.740. The molecule has 74 valence electrons. The lowest BCUT2D eigenvalue weighted by Crippen LogP contribution is -2.10. The SMILES string of the molecule is O=C(O)C(O)c1ccc2c(c1)OCC2. The van der Waals surface area contributed by atoms with E-state index in [0.29, 0.717) is 17.9 Å². The van der Waals surface area contributed by atoms with E-state index in [0.717, 1.165) is 12.0 Å². The summed E-state index contributed by atoms with van der Waals surface area (Å²) >= 11 is 0. The van der Waals surface area contributed by atoms with Gasteiger partial charge in [-0.15, -0.1) is 0 Å². The Morgan fingerprint density at radius 1 is 1.50 bits per heavy atom. The Morgan fingerprint density at radius 2 is 2.29 bits per heavy atom. The van der Waals surface area contributed by atoms with Crippen molar-refractivity contribution in [2.45, 2.75) is 12.5 Å². The number of hydrogen-bond acceptors (Lipinski definition) is 3. The number of benzene rings is 1. The largest absolute Gasteiger partial charge is 0.493 e. The normalized spacial score (nSPS) is 15.8. The molecule has 0 saturated carbocycles. The summed E-state index contributed by atoms with van der Waals surface area (Å²) in [5, 5.41) is 17.9. The van der Waals surface area contributed by atoms with Crippen molar-refractivity contribution in [3.05, 3.63) is 29.3 Å². The minimum atomic E-state index is -1.47. The molecule has 1 aliphatic heterocycles. The molecule has 1 aromatic carbocycles. The Hall–Kier alpha value is -1.55. The van der Waals surface area contributed by atoms with E-state index in [4.69, 9.17) is 9.84 Å². The van der Waals surface area contributed by atoms with Crippen LogP contribution >= 0.6 is 0 Å². The van der Waals surface area contributed by atoms with Crippen LogP contribution in [0.1, 0.15) is 17.2 Å². The van der Waals surface area contributed by atoms with E-state index in [9.17, 15) is 9.90 Å². The summed E-state index contributed by atoms with van der Waals surface area (Å²) in [5.74, 6) is -0.564. The molecule has 1 unspecified atom stereocenters. The standard InChI is InChI=1S/C10H10O4/c11-9(10(12)13)7-2-1-6-3-4-14-8(6)5-7/h1-2,5,9,11H,3-4H2,(H,12,13). The molecule has 2 rings (SSSR count). The van der Waals surface area contributed by atoms with Gasteiger partial charge in [-0.2, -0.15) is 0 Å². The number of carboxylic acid groups (broad SMARTS) is 1. The Balaban J connectivity index is 2.33. The number of aliphatic hydroxyl groups is 1. The van der Waals surface area contributed by atoms with Gasteiger partial charge in [0.15, 0.2) is 6.10 Å². The molecule has 1 atom stereocenters. The highest BCUT2D eigenvalue weighted by Gasteiger charge is 2.19. The minimum absolute atomic E-state index is 0.359. The average molecular weight is 194 g/mol. The molecule has 0 spiro atoms. The number of aliphatic hydroxyl groups excluding tert-OH is 1. The van der Waals surface area contributed by atoms with E-state index in [1.165, 1.54) is 0 Å². The van der Waals surface area contributed by atoms with Crippen LogP contribution in [-0.2, 0) is 11.2 Å². The van der Waals surface area contributed by atoms with E-state index < -0.39 is 12.1 Å². The van der Waals surface area contributed by atoms with Gasteiger partial charge in [0.05, 0.1) is 6.61 Å². The van der Waals surface area contributed by atoms with E-state index in [-0.39, 0.29) is 0 Å². The molecule has 1 aromatic rings. The van der Waals surface area contributed by atoms with Crippen molar-refractivity contribution in [1.29, 1.82) is 0 Å². The first-order valence-electron chi connectivity index (χ1n) is 4.35. The van der Waals surface area contributed by atoms with Gasteiger partial charge in [0.1, 0.15) is 5.75 Å². The van der Waals surface area contributed by atoms with Crippen molar-refractivity contribution in [1.82, 2.24) is 0 Å². The van der Waals surface area contributed by atoms with Crippen LogP contribution in [0.2, 0.25) is 0 Å². The maximum Gasteiger partial charge on any atom is 0.337 e. The summed E-state index contributed by atoms with van der Waals surface area (Å²) in [6.45, 7) is 0.627. The zero-order valence-electron chi connectivity index (χ0n) is 7.43. The number of carbonyl (C=O) groups is 1. The van der Waals surface area contributed by atoms with Crippen molar-refractivity contribution in [3.8, 4) is 5.75 Å². The van der Waals surface area contributed by atoms with Crippen molar-refractivity contribution < 1.29 is 19.7 Å². The van der Waals surface area contributed by atoms with Gasteiger partial charge in [0.25, 0.3) is 0 Å². The number of aliphatic carboxylic acids is 1. The lowest BCUT2D eigenvalue weighted by Gasteiger charge is -2.07. The maximum atomic E-state index is 10.5. The van der Waals surface area contributed by atoms with Crippen LogP contribution in [0.15, 0.2) is 18.2 Å². The molecule has 4 nitrogen and oxygen atoms in total. The second-order valence-electron chi connectivity index (χ2n) is 3.21. The molecule has 0 aromatic heterocycles. The molecule has 1 aliphatic rings. The third kappa shape index (κ3) is 1.44. The zero-order valence-corrected chi connectivity index (χ0v) is 7.43. The van der Waals surface area contributed by atoms with Gasteiger partial charge in [0.2, 0.25) is 0 Å². The lowest BCUT2D eigenvalue weighted by atomic mass is 10.1. The Bertz CT molecular complexity index is 372. The summed E-state index contributed by atoms with van der Waals surface area (Å²) in [7, 11) is 0. The first-order valence-corrected chi connectivity index (χ1v) is 4.35. The second-order valence-corrected chi connectivity index (χ2v) is 3.21. The molecule has 0 aliphatic carbocycles. The van der Waals surface area contributed by atoms with Gasteiger partial charge in [-0.05, 0) is 17.2 Å². The molecule has 4 heteroatoms. The van der Waals surface area contributed by atoms with Crippen molar-refractivity contribution in [2.75, 3.05) is 6.61 Å². The molecule has 0 saturated heterocycles. The number of ether oxygens (including phenoxy) is 1. The van der Waals surface area contributed by atoms with Gasteiger partial charge in [-0.1, -0.05) is 12.1 Å². The Morgan fingerprint density at radius 3 is 3.00 bits per heavy atom. The zero-order chi connectivity index (χ0) is 10.1. The lowest BCUT2D eigenvalue weighted by molar-refractivity contribution is -0.146. The summed E-state index contributed by atoms with van der Waals surface area (Å²) in [6.07, 6.45) is -0.622. The molecule has 0 radical (unpaired) electrons. The molecule has 0 bridgehead atoms. The van der Waals surface area contributed by atoms with Crippen molar-refractivity contribution in [3.63, 3.8) is 0 Å². The number of fused-ring (bicyclic) bond motifs is 1. The molecule has 0 amide bonds. The van der Waals surface area contributed by atoms with Crippen LogP contribution in [0.3, 0.4) is 0 Å². The second kappa shape index (κ2) is 3.31. The Labute approximate surface area is 80.7 Å². The Kier molecular flexibility index (Phi) is 2.13. The van der Waals surface area contributed by atoms with Crippen LogP contribution in [0.5, 0.6) is 5.75 Å². The van der Waals surface area contributed by atoms with E-state index in [1.54, 1.807) is 18.2 Å². The fourth-order valence-electron chi connectivity index (χ4n) is 1.50. The summed E-state index contributed by atoms with van der Waals surface area (Å²) in [4.78, 5) is 10.5. The van der Waals surface area contributed by atoms with Gasteiger partial charge >= 0.3 is 5.97 Å². The molecule has 2 N–H and O–H groups in total. The third-order valence-electron chi connectivity index (χ3n) is 2.27. The monoisotopic (exact) mass is 194 g/mol. The first kappa shape index (κ1) is 9.02. The van der Waals surface area contributed by atoms with Crippen LogP contribution in [0.25, 0.3) is 0 Å².